The molecule has 0 amide bonds. The maximum atomic E-state index is 9.02. The number of nitrogen functional groups attached to an aromatic ring is 1. The molecule has 25 heavy (non-hydrogen) atoms. The summed E-state index contributed by atoms with van der Waals surface area (Å²) in [5.74, 6) is 1.77. The van der Waals surface area contributed by atoms with Crippen LogP contribution < -0.4 is 20.5 Å². The van der Waals surface area contributed by atoms with Gasteiger partial charge < -0.3 is 20.5 Å². The first-order valence-corrected chi connectivity index (χ1v) is 7.11. The van der Waals surface area contributed by atoms with E-state index in [-0.39, 0.29) is 13.4 Å². The number of fused-ring (bicyclic) bond motifs is 1. The Morgan fingerprint density at radius 2 is 1.80 bits per heavy atom. The van der Waals surface area contributed by atoms with Crippen molar-refractivity contribution in [1.82, 2.24) is 9.97 Å². The third-order valence-electron chi connectivity index (χ3n) is 3.47. The first-order valence-electron chi connectivity index (χ1n) is 7.11. The molecule has 0 atom stereocenters. The molecule has 128 valence electrons. The maximum absolute atomic E-state index is 9.02. The van der Waals surface area contributed by atoms with Crippen LogP contribution in [0.4, 0.5) is 17.5 Å². The summed E-state index contributed by atoms with van der Waals surface area (Å²) in [6.07, 6.45) is 0. The van der Waals surface area contributed by atoms with E-state index in [1.54, 1.807) is 44.6 Å². The van der Waals surface area contributed by atoms with Gasteiger partial charge in [-0.05, 0) is 24.3 Å². The number of benzene rings is 2. The molecular formula is C18H19N5O2. The molecule has 0 aliphatic carbocycles. The van der Waals surface area contributed by atoms with E-state index in [1.807, 2.05) is 6.07 Å². The van der Waals surface area contributed by atoms with Gasteiger partial charge in [-0.1, -0.05) is 13.5 Å². The fourth-order valence-corrected chi connectivity index (χ4v) is 2.37. The Morgan fingerprint density at radius 3 is 2.48 bits per heavy atom. The van der Waals surface area contributed by atoms with Crippen molar-refractivity contribution >= 4 is 28.4 Å². The maximum Gasteiger partial charge on any atom is 0.222 e. The molecule has 0 saturated carbocycles. The lowest BCUT2D eigenvalue weighted by atomic mass is 10.2. The first kappa shape index (κ1) is 17.8. The smallest absolute Gasteiger partial charge is 0.222 e. The predicted octanol–water partition coefficient (Wildman–Crippen LogP) is 3.48. The van der Waals surface area contributed by atoms with Crippen LogP contribution in [0.5, 0.6) is 11.5 Å². The number of anilines is 3. The molecule has 0 saturated heterocycles. The summed E-state index contributed by atoms with van der Waals surface area (Å²) in [4.78, 5) is 8.49. The van der Waals surface area contributed by atoms with Gasteiger partial charge in [-0.3, -0.25) is 0 Å². The van der Waals surface area contributed by atoms with Gasteiger partial charge in [0.05, 0.1) is 31.4 Å². The molecule has 3 rings (SSSR count). The number of ether oxygens (including phenoxy) is 2. The largest absolute Gasteiger partial charge is 0.493 e. The van der Waals surface area contributed by atoms with E-state index in [9.17, 15) is 0 Å². The van der Waals surface area contributed by atoms with Gasteiger partial charge >= 0.3 is 0 Å². The second kappa shape index (κ2) is 7.36. The van der Waals surface area contributed by atoms with Gasteiger partial charge in [-0.15, -0.1) is 0 Å². The SMILES string of the molecule is C.COc1cc2nc(N)nc(Nc3cccc(C#N)c3)c2cc1OC. The summed E-state index contributed by atoms with van der Waals surface area (Å²) in [7, 11) is 3.12. The molecule has 1 aromatic heterocycles. The van der Waals surface area contributed by atoms with Gasteiger partial charge in [0.25, 0.3) is 0 Å². The van der Waals surface area contributed by atoms with Gasteiger partial charge in [0.1, 0.15) is 5.82 Å². The summed E-state index contributed by atoms with van der Waals surface area (Å²) < 4.78 is 10.6. The molecular weight excluding hydrogens is 318 g/mol. The molecule has 3 N–H and O–H groups in total. The highest BCUT2D eigenvalue weighted by molar-refractivity contribution is 5.94. The molecule has 1 heterocycles. The van der Waals surface area contributed by atoms with Crippen molar-refractivity contribution < 1.29 is 9.47 Å². The van der Waals surface area contributed by atoms with Gasteiger partial charge in [0.15, 0.2) is 11.5 Å². The van der Waals surface area contributed by atoms with Crippen molar-refractivity contribution in [3.05, 3.63) is 42.0 Å². The minimum Gasteiger partial charge on any atom is -0.493 e. The van der Waals surface area contributed by atoms with E-state index in [0.717, 1.165) is 11.1 Å². The lowest BCUT2D eigenvalue weighted by Crippen LogP contribution is -2.02. The lowest BCUT2D eigenvalue weighted by molar-refractivity contribution is 0.356. The molecule has 3 aromatic rings. The highest BCUT2D eigenvalue weighted by atomic mass is 16.5. The van der Waals surface area contributed by atoms with E-state index < -0.39 is 0 Å². The summed E-state index contributed by atoms with van der Waals surface area (Å²) in [6, 6.07) is 12.7. The monoisotopic (exact) mass is 337 g/mol. The number of rotatable bonds is 4. The number of nitrogens with zero attached hydrogens (tertiary/aromatic N) is 3. The third kappa shape index (κ3) is 3.53. The van der Waals surface area contributed by atoms with Gasteiger partial charge in [0, 0.05) is 17.1 Å². The van der Waals surface area contributed by atoms with Gasteiger partial charge in [0.2, 0.25) is 5.95 Å². The average Bonchev–Trinajstić information content (AvgIpc) is 2.60. The van der Waals surface area contributed by atoms with Crippen LogP contribution in [0.25, 0.3) is 10.9 Å². The van der Waals surface area contributed by atoms with E-state index in [0.29, 0.717) is 28.4 Å². The molecule has 7 heteroatoms. The normalized spacial score (nSPS) is 9.80. The molecule has 0 aliphatic heterocycles. The van der Waals surface area contributed by atoms with Crippen LogP contribution in [0.1, 0.15) is 13.0 Å². The summed E-state index contributed by atoms with van der Waals surface area (Å²) in [5, 5.41) is 12.9. The van der Waals surface area contributed by atoms with Crippen LogP contribution in [-0.2, 0) is 0 Å². The van der Waals surface area contributed by atoms with Crippen LogP contribution in [0.2, 0.25) is 0 Å². The Kier molecular flexibility index (Phi) is 5.25. The molecule has 0 fully saturated rings. The molecule has 0 bridgehead atoms. The lowest BCUT2D eigenvalue weighted by Gasteiger charge is -2.13. The zero-order chi connectivity index (χ0) is 17.1. The van der Waals surface area contributed by atoms with Gasteiger partial charge in [-0.2, -0.15) is 10.2 Å². The average molecular weight is 337 g/mol. The fraction of sp³-hybridized carbons (Fsp3) is 0.167. The van der Waals surface area contributed by atoms with E-state index in [4.69, 9.17) is 20.5 Å². The first-order chi connectivity index (χ1) is 11.6. The predicted molar refractivity (Wildman–Crippen MR) is 98.2 cm³/mol. The fourth-order valence-electron chi connectivity index (χ4n) is 2.37. The standard InChI is InChI=1S/C17H15N5O2.CH4/c1-23-14-7-12-13(8-15(14)24-2)21-17(19)22-16(12)20-11-5-3-4-10(6-11)9-18;/h3-8H,1-2H3,(H3,19,20,21,22);1H4. The topological polar surface area (TPSA) is 106 Å². The zero-order valence-corrected chi connectivity index (χ0v) is 13.2. The van der Waals surface area contributed by atoms with Crippen LogP contribution in [0.15, 0.2) is 36.4 Å². The molecule has 2 aromatic carbocycles. The number of methoxy groups -OCH3 is 2. The Labute approximate surface area is 146 Å². The minimum absolute atomic E-state index is 0. The van der Waals surface area contributed by atoms with Crippen LogP contribution in [-0.4, -0.2) is 24.2 Å². The van der Waals surface area contributed by atoms with Crippen LogP contribution in [0, 0.1) is 11.3 Å². The van der Waals surface area contributed by atoms with Crippen molar-refractivity contribution in [3.8, 4) is 17.6 Å². The molecule has 7 nitrogen and oxygen atoms in total. The highest BCUT2D eigenvalue weighted by Crippen LogP contribution is 2.35. The van der Waals surface area contributed by atoms with Crippen molar-refractivity contribution in [3.63, 3.8) is 0 Å². The van der Waals surface area contributed by atoms with E-state index in [1.165, 1.54) is 0 Å². The van der Waals surface area contributed by atoms with Crippen molar-refractivity contribution in [1.29, 1.82) is 5.26 Å². The van der Waals surface area contributed by atoms with Crippen LogP contribution >= 0.6 is 0 Å². The van der Waals surface area contributed by atoms with Crippen molar-refractivity contribution in [2.45, 2.75) is 7.43 Å². The number of nitriles is 1. The van der Waals surface area contributed by atoms with E-state index in [2.05, 4.69) is 21.4 Å². The number of hydrogen-bond acceptors (Lipinski definition) is 7. The highest BCUT2D eigenvalue weighted by Gasteiger charge is 2.12. The van der Waals surface area contributed by atoms with E-state index >= 15 is 0 Å². The summed E-state index contributed by atoms with van der Waals surface area (Å²) in [6.45, 7) is 0. The Bertz CT molecular complexity index is 950. The van der Waals surface area contributed by atoms with Crippen LogP contribution in [0.3, 0.4) is 0 Å². The Balaban J connectivity index is 0.00000225. The summed E-state index contributed by atoms with van der Waals surface area (Å²) in [5.41, 5.74) is 7.71. The third-order valence-corrected chi connectivity index (χ3v) is 3.47. The zero-order valence-electron chi connectivity index (χ0n) is 13.2. The van der Waals surface area contributed by atoms with Crippen molar-refractivity contribution in [2.24, 2.45) is 0 Å². The molecule has 0 aliphatic rings. The molecule has 0 radical (unpaired) electrons. The minimum atomic E-state index is 0. The summed E-state index contributed by atoms with van der Waals surface area (Å²) >= 11 is 0. The Hall–Kier alpha value is -3.53. The molecule has 0 unspecified atom stereocenters. The van der Waals surface area contributed by atoms with Crippen molar-refractivity contribution in [2.75, 3.05) is 25.3 Å². The number of aromatic nitrogens is 2. The quantitative estimate of drug-likeness (QED) is 0.750. The van der Waals surface area contributed by atoms with Gasteiger partial charge in [-0.25, -0.2) is 4.98 Å². The second-order valence-electron chi connectivity index (χ2n) is 4.97. The second-order valence-corrected chi connectivity index (χ2v) is 4.97. The number of nitrogens with two attached hydrogens (primary N) is 1. The molecule has 0 spiro atoms. The Morgan fingerprint density at radius 1 is 1.08 bits per heavy atom. The number of hydrogen-bond donors (Lipinski definition) is 2. The number of nitrogens with one attached hydrogen (secondary N) is 1.